The maximum absolute atomic E-state index is 8.83. The van der Waals surface area contributed by atoms with E-state index in [2.05, 4.69) is 38.0 Å². The maximum atomic E-state index is 8.83. The van der Waals surface area contributed by atoms with E-state index in [1.807, 2.05) is 30.5 Å². The predicted molar refractivity (Wildman–Crippen MR) is 81.8 cm³/mol. The molecule has 0 aliphatic rings. The van der Waals surface area contributed by atoms with Gasteiger partial charge in [-0.2, -0.15) is 5.26 Å². The van der Waals surface area contributed by atoms with Crippen molar-refractivity contribution in [3.63, 3.8) is 0 Å². The lowest BCUT2D eigenvalue weighted by Crippen LogP contribution is -2.22. The first-order valence-electron chi connectivity index (χ1n) is 6.89. The van der Waals surface area contributed by atoms with Crippen LogP contribution >= 0.6 is 0 Å². The van der Waals surface area contributed by atoms with Crippen molar-refractivity contribution >= 4 is 5.84 Å². The monoisotopic (exact) mass is 273 g/mol. The summed E-state index contributed by atoms with van der Waals surface area (Å²) in [5.41, 5.74) is 0.978. The molecule has 0 spiro atoms. The van der Waals surface area contributed by atoms with Crippen LogP contribution in [0.3, 0.4) is 0 Å². The third-order valence-corrected chi connectivity index (χ3v) is 2.49. The first-order chi connectivity index (χ1) is 9.46. The van der Waals surface area contributed by atoms with Crippen LogP contribution in [0.25, 0.3) is 0 Å². The van der Waals surface area contributed by atoms with Crippen LogP contribution in [0.2, 0.25) is 0 Å². The van der Waals surface area contributed by atoms with Crippen LogP contribution in [0.1, 0.15) is 39.7 Å². The molecule has 1 rings (SSSR count). The molecule has 1 aromatic rings. The Balaban J connectivity index is 2.84. The molecular formula is C16H23N3O. The van der Waals surface area contributed by atoms with Crippen LogP contribution < -0.4 is 10.1 Å². The number of nitriles is 1. The van der Waals surface area contributed by atoms with Gasteiger partial charge in [-0.15, -0.1) is 0 Å². The molecule has 0 aromatic heterocycles. The first-order valence-corrected chi connectivity index (χ1v) is 6.89. The Morgan fingerprint density at radius 2 is 1.95 bits per heavy atom. The van der Waals surface area contributed by atoms with Gasteiger partial charge in [0.05, 0.1) is 6.61 Å². The van der Waals surface area contributed by atoms with Crippen molar-refractivity contribution in [3.05, 3.63) is 29.8 Å². The van der Waals surface area contributed by atoms with E-state index in [-0.39, 0.29) is 5.41 Å². The van der Waals surface area contributed by atoms with Gasteiger partial charge in [-0.3, -0.25) is 10.3 Å². The highest BCUT2D eigenvalue weighted by Gasteiger charge is 2.10. The molecule has 1 aromatic carbocycles. The fourth-order valence-electron chi connectivity index (χ4n) is 1.50. The maximum Gasteiger partial charge on any atom is 0.182 e. The summed E-state index contributed by atoms with van der Waals surface area (Å²) in [6, 6.07) is 7.63. The number of amidine groups is 1. The quantitative estimate of drug-likeness (QED) is 0.387. The molecule has 1 N–H and O–H groups in total. The smallest absolute Gasteiger partial charge is 0.182 e. The van der Waals surface area contributed by atoms with Crippen LogP contribution in [-0.4, -0.2) is 19.0 Å². The molecule has 0 atom stereocenters. The zero-order valence-corrected chi connectivity index (χ0v) is 12.7. The van der Waals surface area contributed by atoms with E-state index in [9.17, 15) is 0 Å². The molecule has 0 bridgehead atoms. The average Bonchev–Trinajstić information content (AvgIpc) is 2.41. The number of rotatable bonds is 5. The van der Waals surface area contributed by atoms with Gasteiger partial charge in [-0.25, -0.2) is 0 Å². The number of hydrogen-bond donors (Lipinski definition) is 1. The molecule has 0 fully saturated rings. The molecular weight excluding hydrogens is 250 g/mol. The minimum atomic E-state index is 0.0898. The lowest BCUT2D eigenvalue weighted by Gasteiger charge is -2.15. The fraction of sp³-hybridized carbons (Fsp3) is 0.500. The molecule has 4 heteroatoms. The molecule has 0 amide bonds. The van der Waals surface area contributed by atoms with Gasteiger partial charge in [0.1, 0.15) is 11.6 Å². The van der Waals surface area contributed by atoms with E-state index in [0.717, 1.165) is 17.7 Å². The van der Waals surface area contributed by atoms with Crippen LogP contribution in [0, 0.1) is 16.9 Å². The van der Waals surface area contributed by atoms with E-state index >= 15 is 0 Å². The zero-order chi connectivity index (χ0) is 15.0. The van der Waals surface area contributed by atoms with Gasteiger partial charge in [-0.1, -0.05) is 27.7 Å². The molecule has 0 heterocycles. The van der Waals surface area contributed by atoms with E-state index in [4.69, 9.17) is 10.00 Å². The molecule has 4 nitrogen and oxygen atoms in total. The van der Waals surface area contributed by atoms with Crippen molar-refractivity contribution in [2.24, 2.45) is 10.4 Å². The summed E-state index contributed by atoms with van der Waals surface area (Å²) in [7, 11) is 0. The van der Waals surface area contributed by atoms with Crippen molar-refractivity contribution in [1.82, 2.24) is 5.32 Å². The SMILES string of the molecule is CCCOc1ccc(C(=NCC(C)(C)C)NC#N)cc1. The Hall–Kier alpha value is -2.02. The summed E-state index contributed by atoms with van der Waals surface area (Å²) < 4.78 is 5.54. The molecule has 0 radical (unpaired) electrons. The summed E-state index contributed by atoms with van der Waals surface area (Å²) in [6.07, 6.45) is 2.92. The van der Waals surface area contributed by atoms with Crippen LogP contribution in [-0.2, 0) is 0 Å². The standard InChI is InChI=1S/C16H23N3O/c1-5-10-20-14-8-6-13(7-9-14)15(19-12-17)18-11-16(2,3)4/h6-9H,5,10-11H2,1-4H3,(H,18,19). The average molecular weight is 273 g/mol. The van der Waals surface area contributed by atoms with Gasteiger partial charge in [-0.05, 0) is 36.1 Å². The molecule has 0 aliphatic carbocycles. The van der Waals surface area contributed by atoms with Gasteiger partial charge < -0.3 is 4.74 Å². The van der Waals surface area contributed by atoms with Crippen LogP contribution in [0.4, 0.5) is 0 Å². The molecule has 0 saturated carbocycles. The van der Waals surface area contributed by atoms with Gasteiger partial charge in [0.15, 0.2) is 6.19 Å². The second-order valence-corrected chi connectivity index (χ2v) is 5.84. The Labute approximate surface area is 121 Å². The van der Waals surface area contributed by atoms with E-state index in [0.29, 0.717) is 19.0 Å². The fourth-order valence-corrected chi connectivity index (χ4v) is 1.50. The second-order valence-electron chi connectivity index (χ2n) is 5.84. The van der Waals surface area contributed by atoms with Gasteiger partial charge in [0, 0.05) is 12.1 Å². The Morgan fingerprint density at radius 3 is 2.45 bits per heavy atom. The van der Waals surface area contributed by atoms with Crippen molar-refractivity contribution in [3.8, 4) is 11.9 Å². The number of ether oxygens (including phenoxy) is 1. The third-order valence-electron chi connectivity index (χ3n) is 2.49. The zero-order valence-electron chi connectivity index (χ0n) is 12.7. The molecule has 108 valence electrons. The largest absolute Gasteiger partial charge is 0.494 e. The summed E-state index contributed by atoms with van der Waals surface area (Å²) in [6.45, 7) is 9.78. The highest BCUT2D eigenvalue weighted by Crippen LogP contribution is 2.15. The number of nitrogens with one attached hydrogen (secondary N) is 1. The summed E-state index contributed by atoms with van der Waals surface area (Å²) in [5.74, 6) is 1.44. The summed E-state index contributed by atoms with van der Waals surface area (Å²) in [4.78, 5) is 4.49. The Bertz CT molecular complexity index is 478. The highest BCUT2D eigenvalue weighted by atomic mass is 16.5. The molecule has 0 unspecified atom stereocenters. The van der Waals surface area contributed by atoms with E-state index in [1.165, 1.54) is 0 Å². The summed E-state index contributed by atoms with van der Waals surface area (Å²) in [5, 5.41) is 11.5. The van der Waals surface area contributed by atoms with Crippen molar-refractivity contribution in [2.75, 3.05) is 13.2 Å². The van der Waals surface area contributed by atoms with Gasteiger partial charge in [0.2, 0.25) is 0 Å². The van der Waals surface area contributed by atoms with E-state index < -0.39 is 0 Å². The second kappa shape index (κ2) is 7.54. The van der Waals surface area contributed by atoms with E-state index in [1.54, 1.807) is 0 Å². The number of aliphatic imine (C=N–C) groups is 1. The topological polar surface area (TPSA) is 57.4 Å². The molecule has 0 saturated heterocycles. The normalized spacial score (nSPS) is 11.8. The van der Waals surface area contributed by atoms with Gasteiger partial charge in [0.25, 0.3) is 0 Å². The van der Waals surface area contributed by atoms with Crippen LogP contribution in [0.15, 0.2) is 29.3 Å². The number of hydrogen-bond acceptors (Lipinski definition) is 3. The molecule has 20 heavy (non-hydrogen) atoms. The summed E-state index contributed by atoms with van der Waals surface area (Å²) >= 11 is 0. The number of nitrogens with zero attached hydrogens (tertiary/aromatic N) is 2. The van der Waals surface area contributed by atoms with Gasteiger partial charge >= 0.3 is 0 Å². The lowest BCUT2D eigenvalue weighted by molar-refractivity contribution is 0.317. The first kappa shape index (κ1) is 16.0. The lowest BCUT2D eigenvalue weighted by atomic mass is 9.97. The molecule has 0 aliphatic heterocycles. The minimum Gasteiger partial charge on any atom is -0.494 e. The minimum absolute atomic E-state index is 0.0898. The predicted octanol–water partition coefficient (Wildman–Crippen LogP) is 3.34. The Morgan fingerprint density at radius 1 is 1.30 bits per heavy atom. The van der Waals surface area contributed by atoms with Crippen molar-refractivity contribution in [2.45, 2.75) is 34.1 Å². The number of benzene rings is 1. The highest BCUT2D eigenvalue weighted by molar-refractivity contribution is 5.99. The Kier molecular flexibility index (Phi) is 6.05. The van der Waals surface area contributed by atoms with Crippen LogP contribution in [0.5, 0.6) is 5.75 Å². The van der Waals surface area contributed by atoms with Crippen molar-refractivity contribution < 1.29 is 4.74 Å². The van der Waals surface area contributed by atoms with Crippen molar-refractivity contribution in [1.29, 1.82) is 5.26 Å². The third kappa shape index (κ3) is 5.75.